The minimum Gasteiger partial charge on any atom is -0.293 e. The summed E-state index contributed by atoms with van der Waals surface area (Å²) in [7, 11) is 0. The van der Waals surface area contributed by atoms with Crippen molar-refractivity contribution >= 4 is 11.4 Å². The van der Waals surface area contributed by atoms with Crippen LogP contribution in [0.5, 0.6) is 0 Å². The Morgan fingerprint density at radius 1 is 0.741 bits per heavy atom. The molecule has 0 aliphatic heterocycles. The second kappa shape index (κ2) is 7.69. The summed E-state index contributed by atoms with van der Waals surface area (Å²) in [5.41, 5.74) is 1.81. The van der Waals surface area contributed by atoms with E-state index in [1.165, 1.54) is 22.8 Å². The van der Waals surface area contributed by atoms with Gasteiger partial charge in [0.25, 0.3) is 5.56 Å². The molecule has 8 heteroatoms. The first-order valence-corrected chi connectivity index (χ1v) is 8.17. The Bertz CT molecular complexity index is 1100. The molecule has 0 unspecified atom stereocenters. The van der Waals surface area contributed by atoms with E-state index >= 15 is 0 Å². The lowest BCUT2D eigenvalue weighted by Gasteiger charge is -2.13. The van der Waals surface area contributed by atoms with Gasteiger partial charge < -0.3 is 0 Å². The molecule has 0 fully saturated rings. The van der Waals surface area contributed by atoms with E-state index in [0.29, 0.717) is 16.9 Å². The third-order valence-corrected chi connectivity index (χ3v) is 4.25. The minimum absolute atomic E-state index is 0.0884. The Balaban J connectivity index is 1.96. The van der Waals surface area contributed by atoms with Gasteiger partial charge in [-0.15, -0.1) is 9.81 Å². The average Bonchev–Trinajstić information content (AvgIpc) is 2.69. The minimum atomic E-state index is -0.435. The number of hydrogen-bond acceptors (Lipinski definition) is 6. The first-order chi connectivity index (χ1) is 13.0. The zero-order valence-electron chi connectivity index (χ0n) is 14.5. The molecule has 3 rings (SSSR count). The predicted octanol–water partition coefficient (Wildman–Crippen LogP) is 3.21. The quantitative estimate of drug-likeness (QED) is 0.626. The highest BCUT2D eigenvalue weighted by Crippen LogP contribution is 2.14. The van der Waals surface area contributed by atoms with E-state index in [-0.39, 0.29) is 18.8 Å². The maximum atomic E-state index is 12.9. The third-order valence-electron chi connectivity index (χ3n) is 4.25. The van der Waals surface area contributed by atoms with Gasteiger partial charge in [-0.05, 0) is 52.7 Å². The highest BCUT2D eigenvalue weighted by atomic mass is 16.3. The Morgan fingerprint density at radius 3 is 1.63 bits per heavy atom. The molecule has 0 bridgehead atoms. The molecule has 8 nitrogen and oxygen atoms in total. The number of nitroso groups, excluding NO2 is 2. The SMILES string of the molecule is Cc1cc(=O)n(Cc2ccc(N=O)cc2)c(=O)n1Cc1ccc(N=O)cc1. The van der Waals surface area contributed by atoms with E-state index in [2.05, 4.69) is 10.4 Å². The summed E-state index contributed by atoms with van der Waals surface area (Å²) in [4.78, 5) is 46.2. The van der Waals surface area contributed by atoms with Crippen molar-refractivity contribution < 1.29 is 0 Å². The Morgan fingerprint density at radius 2 is 1.19 bits per heavy atom. The predicted molar refractivity (Wildman–Crippen MR) is 102 cm³/mol. The maximum Gasteiger partial charge on any atom is 0.331 e. The molecule has 0 amide bonds. The van der Waals surface area contributed by atoms with Crippen LogP contribution in [0.1, 0.15) is 16.8 Å². The first kappa shape index (κ1) is 18.1. The molecule has 3 aromatic rings. The zero-order valence-corrected chi connectivity index (χ0v) is 14.5. The zero-order chi connectivity index (χ0) is 19.4. The van der Waals surface area contributed by atoms with Crippen LogP contribution in [0.25, 0.3) is 0 Å². The molecule has 0 saturated carbocycles. The molecular weight excluding hydrogens is 348 g/mol. The largest absolute Gasteiger partial charge is 0.331 e. The van der Waals surface area contributed by atoms with Gasteiger partial charge in [-0.1, -0.05) is 24.3 Å². The van der Waals surface area contributed by atoms with Crippen molar-refractivity contribution in [1.82, 2.24) is 9.13 Å². The van der Waals surface area contributed by atoms with Crippen LogP contribution in [0.3, 0.4) is 0 Å². The summed E-state index contributed by atoms with van der Waals surface area (Å²) in [6.07, 6.45) is 0. The van der Waals surface area contributed by atoms with Crippen LogP contribution in [0.15, 0.2) is 74.5 Å². The van der Waals surface area contributed by atoms with Crippen molar-refractivity contribution in [3.63, 3.8) is 0 Å². The summed E-state index contributed by atoms with van der Waals surface area (Å²) < 4.78 is 2.63. The second-order valence-corrected chi connectivity index (χ2v) is 6.09. The van der Waals surface area contributed by atoms with Gasteiger partial charge in [-0.25, -0.2) is 4.79 Å². The van der Waals surface area contributed by atoms with Crippen molar-refractivity contribution in [2.75, 3.05) is 0 Å². The molecular formula is C19H16N4O4. The fraction of sp³-hybridized carbons (Fsp3) is 0.158. The maximum absolute atomic E-state index is 12.9. The third kappa shape index (κ3) is 3.95. The van der Waals surface area contributed by atoms with Crippen LogP contribution < -0.4 is 11.2 Å². The number of benzene rings is 2. The van der Waals surface area contributed by atoms with Crippen LogP contribution in [-0.2, 0) is 13.1 Å². The molecule has 2 aromatic carbocycles. The molecule has 27 heavy (non-hydrogen) atoms. The molecule has 0 radical (unpaired) electrons. The Hall–Kier alpha value is -3.68. The first-order valence-electron chi connectivity index (χ1n) is 8.17. The molecule has 0 aliphatic carbocycles. The van der Waals surface area contributed by atoms with Crippen molar-refractivity contribution in [2.24, 2.45) is 10.4 Å². The molecule has 0 N–H and O–H groups in total. The fourth-order valence-electron chi connectivity index (χ4n) is 2.75. The van der Waals surface area contributed by atoms with Gasteiger partial charge in [0.15, 0.2) is 0 Å². The van der Waals surface area contributed by atoms with E-state index in [9.17, 15) is 19.4 Å². The van der Waals surface area contributed by atoms with E-state index in [4.69, 9.17) is 0 Å². The number of rotatable bonds is 6. The van der Waals surface area contributed by atoms with Crippen LogP contribution >= 0.6 is 0 Å². The summed E-state index contributed by atoms with van der Waals surface area (Å²) >= 11 is 0. The van der Waals surface area contributed by atoms with Gasteiger partial charge in [0.1, 0.15) is 11.4 Å². The number of nitrogens with zero attached hydrogens (tertiary/aromatic N) is 4. The normalized spacial score (nSPS) is 10.6. The van der Waals surface area contributed by atoms with Gasteiger partial charge >= 0.3 is 5.69 Å². The van der Waals surface area contributed by atoms with Gasteiger partial charge in [-0.2, -0.15) is 0 Å². The van der Waals surface area contributed by atoms with Crippen LogP contribution in [0.2, 0.25) is 0 Å². The number of aromatic nitrogens is 2. The Kier molecular flexibility index (Phi) is 5.16. The smallest absolute Gasteiger partial charge is 0.293 e. The van der Waals surface area contributed by atoms with E-state index < -0.39 is 11.2 Å². The van der Waals surface area contributed by atoms with Crippen molar-refractivity contribution in [1.29, 1.82) is 0 Å². The monoisotopic (exact) mass is 364 g/mol. The van der Waals surface area contributed by atoms with Gasteiger partial charge in [0, 0.05) is 11.8 Å². The summed E-state index contributed by atoms with van der Waals surface area (Å²) in [6, 6.07) is 14.3. The van der Waals surface area contributed by atoms with Gasteiger partial charge in [0.05, 0.1) is 13.1 Å². The number of aryl methyl sites for hydroxylation is 1. The Labute approximate surface area is 153 Å². The van der Waals surface area contributed by atoms with Crippen molar-refractivity contribution in [3.8, 4) is 0 Å². The number of hydrogen-bond donors (Lipinski definition) is 0. The lowest BCUT2D eigenvalue weighted by molar-refractivity contribution is 0.598. The van der Waals surface area contributed by atoms with E-state index in [1.807, 2.05) is 0 Å². The van der Waals surface area contributed by atoms with Crippen LogP contribution in [0.4, 0.5) is 11.4 Å². The van der Waals surface area contributed by atoms with E-state index in [0.717, 1.165) is 10.1 Å². The van der Waals surface area contributed by atoms with Crippen LogP contribution in [0, 0.1) is 16.7 Å². The standard InChI is InChI=1S/C19H16N4O4/c1-13-10-18(24)23(12-15-4-8-17(21-27)9-5-15)19(25)22(13)11-14-2-6-16(20-26)7-3-14/h2-10H,11-12H2,1H3. The van der Waals surface area contributed by atoms with E-state index in [1.54, 1.807) is 43.3 Å². The molecule has 0 atom stereocenters. The summed E-state index contributed by atoms with van der Waals surface area (Å²) in [5.74, 6) is 0. The second-order valence-electron chi connectivity index (χ2n) is 6.09. The summed E-state index contributed by atoms with van der Waals surface area (Å²) in [5, 5.41) is 5.68. The molecule has 1 heterocycles. The van der Waals surface area contributed by atoms with Crippen molar-refractivity contribution in [2.45, 2.75) is 20.0 Å². The highest BCUT2D eigenvalue weighted by Gasteiger charge is 2.10. The van der Waals surface area contributed by atoms with Crippen molar-refractivity contribution in [3.05, 3.63) is 102 Å². The topological polar surface area (TPSA) is 103 Å². The molecule has 136 valence electrons. The summed E-state index contributed by atoms with van der Waals surface area (Å²) in [6.45, 7) is 2.04. The molecule has 0 aliphatic rings. The lowest BCUT2D eigenvalue weighted by atomic mass is 10.2. The molecule has 1 aromatic heterocycles. The molecule has 0 saturated heterocycles. The van der Waals surface area contributed by atoms with Gasteiger partial charge in [-0.3, -0.25) is 13.9 Å². The molecule has 0 spiro atoms. The fourth-order valence-corrected chi connectivity index (χ4v) is 2.75. The van der Waals surface area contributed by atoms with Crippen LogP contribution in [-0.4, -0.2) is 9.13 Å². The average molecular weight is 364 g/mol. The van der Waals surface area contributed by atoms with Gasteiger partial charge in [0.2, 0.25) is 0 Å². The lowest BCUT2D eigenvalue weighted by Crippen LogP contribution is -2.41. The highest BCUT2D eigenvalue weighted by molar-refractivity contribution is 5.39.